The summed E-state index contributed by atoms with van der Waals surface area (Å²) in [5.41, 5.74) is 0.739. The molecular weight excluding hydrogens is 434 g/mol. The number of halogens is 1. The standard InChI is InChI=1S/C23H24ClN3O5/c1-30-18-12-19(31-2)16(11-15(18)24)26-23(29)27-21-20(25-13-7-3-4-8-13)14-9-5-6-10-17(14)32-22(21)28/h5-6,9-13,25H,3-4,7-8H2,1-2H3,(H2,26,27,29). The molecule has 1 saturated carbocycles. The number of carbonyl (C=O) groups is 1. The van der Waals surface area contributed by atoms with Crippen molar-refractivity contribution in [2.24, 2.45) is 0 Å². The van der Waals surface area contributed by atoms with Crippen molar-refractivity contribution in [1.29, 1.82) is 0 Å². The van der Waals surface area contributed by atoms with E-state index >= 15 is 0 Å². The van der Waals surface area contributed by atoms with E-state index in [0.717, 1.165) is 31.1 Å². The van der Waals surface area contributed by atoms with Gasteiger partial charge in [-0.2, -0.15) is 0 Å². The van der Waals surface area contributed by atoms with Crippen LogP contribution in [0, 0.1) is 0 Å². The number of ether oxygens (including phenoxy) is 2. The Balaban J connectivity index is 1.66. The first-order valence-corrected chi connectivity index (χ1v) is 10.7. The lowest BCUT2D eigenvalue weighted by Crippen LogP contribution is -2.26. The third kappa shape index (κ3) is 4.45. The van der Waals surface area contributed by atoms with Crippen molar-refractivity contribution in [2.75, 3.05) is 30.2 Å². The minimum atomic E-state index is -0.640. The summed E-state index contributed by atoms with van der Waals surface area (Å²) < 4.78 is 15.9. The first-order valence-electron chi connectivity index (χ1n) is 10.3. The summed E-state index contributed by atoms with van der Waals surface area (Å²) in [5.74, 6) is 0.768. The zero-order valence-electron chi connectivity index (χ0n) is 17.8. The van der Waals surface area contributed by atoms with Gasteiger partial charge in [-0.05, 0) is 31.0 Å². The number of nitrogens with one attached hydrogen (secondary N) is 3. The predicted molar refractivity (Wildman–Crippen MR) is 126 cm³/mol. The zero-order valence-corrected chi connectivity index (χ0v) is 18.5. The van der Waals surface area contributed by atoms with E-state index in [0.29, 0.717) is 33.5 Å². The molecule has 1 aliphatic rings. The van der Waals surface area contributed by atoms with Gasteiger partial charge in [0.25, 0.3) is 0 Å². The molecule has 0 aliphatic heterocycles. The van der Waals surface area contributed by atoms with Gasteiger partial charge >= 0.3 is 11.7 Å². The van der Waals surface area contributed by atoms with Crippen molar-refractivity contribution >= 4 is 45.7 Å². The van der Waals surface area contributed by atoms with Crippen molar-refractivity contribution in [1.82, 2.24) is 0 Å². The van der Waals surface area contributed by atoms with Crippen LogP contribution in [-0.2, 0) is 0 Å². The van der Waals surface area contributed by atoms with E-state index in [1.807, 2.05) is 12.1 Å². The molecule has 8 nitrogen and oxygen atoms in total. The third-order valence-corrected chi connectivity index (χ3v) is 5.77. The van der Waals surface area contributed by atoms with Gasteiger partial charge in [0.1, 0.15) is 17.1 Å². The van der Waals surface area contributed by atoms with Crippen LogP contribution in [0.1, 0.15) is 25.7 Å². The second kappa shape index (κ2) is 9.40. The first kappa shape index (κ1) is 21.8. The molecule has 32 heavy (non-hydrogen) atoms. The summed E-state index contributed by atoms with van der Waals surface area (Å²) in [6.07, 6.45) is 4.25. The maximum atomic E-state index is 12.8. The number of rotatable bonds is 6. The molecule has 3 N–H and O–H groups in total. The number of amides is 2. The van der Waals surface area contributed by atoms with E-state index < -0.39 is 11.7 Å². The van der Waals surface area contributed by atoms with Gasteiger partial charge in [-0.15, -0.1) is 0 Å². The van der Waals surface area contributed by atoms with Gasteiger partial charge < -0.3 is 24.5 Å². The van der Waals surface area contributed by atoms with Crippen molar-refractivity contribution < 1.29 is 18.7 Å². The molecule has 1 fully saturated rings. The number of fused-ring (bicyclic) bond motifs is 1. The summed E-state index contributed by atoms with van der Waals surface area (Å²) in [6.45, 7) is 0. The van der Waals surface area contributed by atoms with Crippen LogP contribution < -0.4 is 31.0 Å². The molecule has 2 amide bonds. The van der Waals surface area contributed by atoms with Gasteiger partial charge in [0.05, 0.1) is 30.6 Å². The molecule has 0 radical (unpaired) electrons. The van der Waals surface area contributed by atoms with Crippen LogP contribution in [0.5, 0.6) is 11.5 Å². The number of hydrogen-bond acceptors (Lipinski definition) is 6. The summed E-state index contributed by atoms with van der Waals surface area (Å²) in [4.78, 5) is 25.6. The molecule has 168 valence electrons. The predicted octanol–water partition coefficient (Wildman–Crippen LogP) is 5.46. The van der Waals surface area contributed by atoms with Crippen LogP contribution >= 0.6 is 11.6 Å². The third-order valence-electron chi connectivity index (χ3n) is 5.48. The summed E-state index contributed by atoms with van der Waals surface area (Å²) in [7, 11) is 2.95. The minimum absolute atomic E-state index is 0.0478. The second-order valence-corrected chi connectivity index (χ2v) is 7.93. The lowest BCUT2D eigenvalue weighted by atomic mass is 10.1. The maximum Gasteiger partial charge on any atom is 0.362 e. The molecule has 1 heterocycles. The molecule has 1 aliphatic carbocycles. The zero-order chi connectivity index (χ0) is 22.7. The van der Waals surface area contributed by atoms with Crippen molar-refractivity contribution in [3.63, 3.8) is 0 Å². The van der Waals surface area contributed by atoms with E-state index in [1.165, 1.54) is 20.3 Å². The van der Waals surface area contributed by atoms with Crippen LogP contribution in [0.25, 0.3) is 11.0 Å². The lowest BCUT2D eigenvalue weighted by Gasteiger charge is -2.19. The van der Waals surface area contributed by atoms with Crippen molar-refractivity contribution in [2.45, 2.75) is 31.7 Å². The lowest BCUT2D eigenvalue weighted by molar-refractivity contribution is 0.262. The van der Waals surface area contributed by atoms with Gasteiger partial charge in [-0.25, -0.2) is 9.59 Å². The Morgan fingerprint density at radius 1 is 1.03 bits per heavy atom. The number of urea groups is 1. The number of para-hydroxylation sites is 1. The highest BCUT2D eigenvalue weighted by atomic mass is 35.5. The normalized spacial score (nSPS) is 13.7. The molecule has 0 saturated heterocycles. The fourth-order valence-electron chi connectivity index (χ4n) is 3.91. The summed E-state index contributed by atoms with van der Waals surface area (Å²) in [5, 5.41) is 9.79. The molecular formula is C23H24ClN3O5. The Hall–Kier alpha value is -3.39. The molecule has 0 bridgehead atoms. The number of anilines is 3. The average Bonchev–Trinajstić information content (AvgIpc) is 3.29. The van der Waals surface area contributed by atoms with E-state index in [1.54, 1.807) is 18.2 Å². The second-order valence-electron chi connectivity index (χ2n) is 7.53. The number of benzene rings is 2. The first-order chi connectivity index (χ1) is 15.5. The molecule has 9 heteroatoms. The van der Waals surface area contributed by atoms with E-state index in [4.69, 9.17) is 25.5 Å². The number of hydrogen-bond donors (Lipinski definition) is 3. The van der Waals surface area contributed by atoms with E-state index in [-0.39, 0.29) is 11.7 Å². The fourth-order valence-corrected chi connectivity index (χ4v) is 4.15. The average molecular weight is 458 g/mol. The van der Waals surface area contributed by atoms with Gasteiger partial charge in [-0.1, -0.05) is 36.6 Å². The summed E-state index contributed by atoms with van der Waals surface area (Å²) in [6, 6.07) is 9.90. The Labute approximate surface area is 189 Å². The van der Waals surface area contributed by atoms with Gasteiger partial charge in [0, 0.05) is 17.5 Å². The Kier molecular flexibility index (Phi) is 6.41. The van der Waals surface area contributed by atoms with Gasteiger partial charge in [0.2, 0.25) is 0 Å². The van der Waals surface area contributed by atoms with Crippen LogP contribution in [0.15, 0.2) is 45.6 Å². The topological polar surface area (TPSA) is 102 Å². The Morgan fingerprint density at radius 3 is 2.47 bits per heavy atom. The highest BCUT2D eigenvalue weighted by molar-refractivity contribution is 6.32. The van der Waals surface area contributed by atoms with E-state index in [2.05, 4.69) is 16.0 Å². The van der Waals surface area contributed by atoms with Gasteiger partial charge in [-0.3, -0.25) is 5.32 Å². The molecule has 0 unspecified atom stereocenters. The highest BCUT2D eigenvalue weighted by Gasteiger charge is 2.22. The molecule has 1 aromatic heterocycles. The molecule has 2 aromatic carbocycles. The minimum Gasteiger partial charge on any atom is -0.495 e. The maximum absolute atomic E-state index is 12.8. The Morgan fingerprint density at radius 2 is 1.75 bits per heavy atom. The molecule has 4 rings (SSSR count). The van der Waals surface area contributed by atoms with Gasteiger partial charge in [0.15, 0.2) is 5.69 Å². The van der Waals surface area contributed by atoms with Crippen LogP contribution in [0.2, 0.25) is 5.02 Å². The van der Waals surface area contributed by atoms with Crippen LogP contribution in [0.3, 0.4) is 0 Å². The van der Waals surface area contributed by atoms with Crippen molar-refractivity contribution in [3.8, 4) is 11.5 Å². The molecule has 0 spiro atoms. The molecule has 0 atom stereocenters. The number of carbonyl (C=O) groups excluding carboxylic acids is 1. The summed E-state index contributed by atoms with van der Waals surface area (Å²) >= 11 is 6.19. The van der Waals surface area contributed by atoms with Crippen molar-refractivity contribution in [3.05, 3.63) is 51.8 Å². The quantitative estimate of drug-likeness (QED) is 0.425. The largest absolute Gasteiger partial charge is 0.495 e. The van der Waals surface area contributed by atoms with Crippen LogP contribution in [0.4, 0.5) is 21.9 Å². The highest BCUT2D eigenvalue weighted by Crippen LogP contribution is 2.36. The fraction of sp³-hybridized carbons (Fsp3) is 0.304. The smallest absolute Gasteiger partial charge is 0.362 e. The van der Waals surface area contributed by atoms with Crippen LogP contribution in [-0.4, -0.2) is 26.3 Å². The van der Waals surface area contributed by atoms with E-state index in [9.17, 15) is 9.59 Å². The SMILES string of the molecule is COc1cc(OC)c(NC(=O)Nc2c(NC3CCCC3)c3ccccc3oc2=O)cc1Cl. The molecule has 3 aromatic rings. The monoisotopic (exact) mass is 457 g/mol. The number of methoxy groups -OCH3 is 2. The Bertz CT molecular complexity index is 1200.